The van der Waals surface area contributed by atoms with E-state index in [-0.39, 0.29) is 0 Å². The molecule has 1 atom stereocenters. The van der Waals surface area contributed by atoms with Gasteiger partial charge in [-0.15, -0.1) is 0 Å². The number of aryl methyl sites for hydroxylation is 1. The Morgan fingerprint density at radius 2 is 2.17 bits per heavy atom. The minimum absolute atomic E-state index is 0.885. The molecule has 0 amide bonds. The second-order valence-electron chi connectivity index (χ2n) is 5.73. The molecule has 18 heavy (non-hydrogen) atoms. The van der Waals surface area contributed by atoms with Crippen molar-refractivity contribution in [2.75, 3.05) is 25.4 Å². The first kappa shape index (κ1) is 13.4. The molecule has 0 spiro atoms. The molecule has 1 heterocycles. The first-order chi connectivity index (χ1) is 8.74. The van der Waals surface area contributed by atoms with Crippen LogP contribution in [0.1, 0.15) is 38.2 Å². The predicted molar refractivity (Wildman–Crippen MR) is 78.6 cm³/mol. The Bertz CT molecular complexity index is 362. The summed E-state index contributed by atoms with van der Waals surface area (Å²) in [6.45, 7) is 6.21. The molecule has 1 saturated heterocycles. The molecule has 0 aromatic heterocycles. The molecule has 0 saturated carbocycles. The van der Waals surface area contributed by atoms with Crippen molar-refractivity contribution in [3.63, 3.8) is 0 Å². The first-order valence-corrected chi connectivity index (χ1v) is 7.31. The maximum Gasteiger partial charge on any atom is 0.0316 e. The molecule has 0 aliphatic carbocycles. The zero-order valence-electron chi connectivity index (χ0n) is 11.6. The Kier molecular flexibility index (Phi) is 5.06. The lowest BCUT2D eigenvalue weighted by Gasteiger charge is -2.19. The second-order valence-corrected chi connectivity index (χ2v) is 5.73. The zero-order valence-corrected chi connectivity index (χ0v) is 11.6. The van der Waals surface area contributed by atoms with Gasteiger partial charge in [-0.3, -0.25) is 0 Å². The molecule has 1 fully saturated rings. The largest absolute Gasteiger partial charge is 0.399 e. The van der Waals surface area contributed by atoms with Gasteiger partial charge in [0.2, 0.25) is 0 Å². The fourth-order valence-corrected chi connectivity index (χ4v) is 2.80. The maximum absolute atomic E-state index is 5.80. The molecule has 2 rings (SSSR count). The standard InChI is InChI=1S/C16H26N2/c1-14-5-3-10-18(12-9-14)11-4-7-15-6-2-8-16(17)13-15/h2,6,8,13-14H,3-5,7,9-12,17H2,1H3. The number of benzene rings is 1. The van der Waals surface area contributed by atoms with E-state index in [1.807, 2.05) is 6.07 Å². The van der Waals surface area contributed by atoms with Crippen LogP contribution in [0.5, 0.6) is 0 Å². The summed E-state index contributed by atoms with van der Waals surface area (Å²) in [4.78, 5) is 2.63. The highest BCUT2D eigenvalue weighted by Gasteiger charge is 2.12. The Hall–Kier alpha value is -1.02. The minimum Gasteiger partial charge on any atom is -0.399 e. The monoisotopic (exact) mass is 246 g/mol. The van der Waals surface area contributed by atoms with Gasteiger partial charge in [-0.1, -0.05) is 19.1 Å². The number of nitrogens with two attached hydrogens (primary N) is 1. The van der Waals surface area contributed by atoms with Crippen molar-refractivity contribution in [1.82, 2.24) is 4.90 Å². The Morgan fingerprint density at radius 1 is 1.28 bits per heavy atom. The number of anilines is 1. The molecule has 2 heteroatoms. The molecule has 2 nitrogen and oxygen atoms in total. The fourth-order valence-electron chi connectivity index (χ4n) is 2.80. The number of hydrogen-bond donors (Lipinski definition) is 1. The number of likely N-dealkylation sites (tertiary alicyclic amines) is 1. The third kappa shape index (κ3) is 4.34. The highest BCUT2D eigenvalue weighted by atomic mass is 15.1. The molecule has 1 unspecified atom stereocenters. The van der Waals surface area contributed by atoms with Crippen LogP contribution in [0, 0.1) is 5.92 Å². The van der Waals surface area contributed by atoms with Gasteiger partial charge in [0.1, 0.15) is 0 Å². The lowest BCUT2D eigenvalue weighted by molar-refractivity contribution is 0.278. The van der Waals surface area contributed by atoms with E-state index in [0.29, 0.717) is 0 Å². The van der Waals surface area contributed by atoms with Crippen molar-refractivity contribution in [3.8, 4) is 0 Å². The summed E-state index contributed by atoms with van der Waals surface area (Å²) in [5, 5.41) is 0. The van der Waals surface area contributed by atoms with E-state index in [0.717, 1.165) is 18.0 Å². The quantitative estimate of drug-likeness (QED) is 0.826. The summed E-state index contributed by atoms with van der Waals surface area (Å²) < 4.78 is 0. The van der Waals surface area contributed by atoms with Crippen LogP contribution < -0.4 is 5.73 Å². The van der Waals surface area contributed by atoms with Gasteiger partial charge >= 0.3 is 0 Å². The molecule has 1 aliphatic heterocycles. The summed E-state index contributed by atoms with van der Waals surface area (Å²) >= 11 is 0. The molecule has 1 aromatic rings. The van der Waals surface area contributed by atoms with Gasteiger partial charge in [0, 0.05) is 5.69 Å². The van der Waals surface area contributed by atoms with E-state index in [1.165, 1.54) is 50.9 Å². The van der Waals surface area contributed by atoms with Gasteiger partial charge in [0.05, 0.1) is 0 Å². The topological polar surface area (TPSA) is 29.3 Å². The SMILES string of the molecule is CC1CCCN(CCCc2cccc(N)c2)CC1. The van der Waals surface area contributed by atoms with E-state index < -0.39 is 0 Å². The normalized spacial score (nSPS) is 21.7. The lowest BCUT2D eigenvalue weighted by Crippen LogP contribution is -2.26. The highest BCUT2D eigenvalue weighted by molar-refractivity contribution is 5.40. The van der Waals surface area contributed by atoms with E-state index in [4.69, 9.17) is 5.73 Å². The number of rotatable bonds is 4. The minimum atomic E-state index is 0.885. The zero-order chi connectivity index (χ0) is 12.8. The summed E-state index contributed by atoms with van der Waals surface area (Å²) in [5.74, 6) is 0.920. The molecule has 1 aromatic carbocycles. The molecule has 0 bridgehead atoms. The van der Waals surface area contributed by atoms with E-state index in [1.54, 1.807) is 0 Å². The summed E-state index contributed by atoms with van der Waals surface area (Å²) in [6.07, 6.45) is 6.55. The van der Waals surface area contributed by atoms with Crippen molar-refractivity contribution in [3.05, 3.63) is 29.8 Å². The van der Waals surface area contributed by atoms with Crippen LogP contribution in [0.3, 0.4) is 0 Å². The Labute approximate surface area is 111 Å². The van der Waals surface area contributed by atoms with E-state index in [9.17, 15) is 0 Å². The maximum atomic E-state index is 5.80. The second kappa shape index (κ2) is 6.79. The molecule has 0 radical (unpaired) electrons. The van der Waals surface area contributed by atoms with Gasteiger partial charge < -0.3 is 10.6 Å². The van der Waals surface area contributed by atoms with Crippen molar-refractivity contribution in [2.45, 2.75) is 39.0 Å². The third-order valence-electron chi connectivity index (χ3n) is 4.00. The number of nitrogens with zero attached hydrogens (tertiary/aromatic N) is 1. The Morgan fingerprint density at radius 3 is 3.00 bits per heavy atom. The van der Waals surface area contributed by atoms with Gasteiger partial charge in [0.15, 0.2) is 0 Å². The van der Waals surface area contributed by atoms with Crippen molar-refractivity contribution < 1.29 is 0 Å². The van der Waals surface area contributed by atoms with Gasteiger partial charge in [-0.25, -0.2) is 0 Å². The van der Waals surface area contributed by atoms with Crippen LogP contribution in [-0.4, -0.2) is 24.5 Å². The van der Waals surface area contributed by atoms with Crippen LogP contribution in [0.25, 0.3) is 0 Å². The third-order valence-corrected chi connectivity index (χ3v) is 4.00. The van der Waals surface area contributed by atoms with Gasteiger partial charge in [-0.05, 0) is 75.4 Å². The average molecular weight is 246 g/mol. The highest BCUT2D eigenvalue weighted by Crippen LogP contribution is 2.17. The molecular formula is C16H26N2. The number of hydrogen-bond acceptors (Lipinski definition) is 2. The lowest BCUT2D eigenvalue weighted by atomic mass is 10.0. The molecule has 2 N–H and O–H groups in total. The van der Waals surface area contributed by atoms with Crippen LogP contribution in [0.15, 0.2) is 24.3 Å². The van der Waals surface area contributed by atoms with Crippen LogP contribution >= 0.6 is 0 Å². The first-order valence-electron chi connectivity index (χ1n) is 7.31. The van der Waals surface area contributed by atoms with Crippen molar-refractivity contribution >= 4 is 5.69 Å². The number of nitrogen functional groups attached to an aromatic ring is 1. The van der Waals surface area contributed by atoms with Crippen molar-refractivity contribution in [1.29, 1.82) is 0 Å². The Balaban J connectivity index is 1.71. The van der Waals surface area contributed by atoms with Crippen molar-refractivity contribution in [2.24, 2.45) is 5.92 Å². The van der Waals surface area contributed by atoms with Crippen LogP contribution in [0.4, 0.5) is 5.69 Å². The summed E-state index contributed by atoms with van der Waals surface area (Å²) in [5.41, 5.74) is 8.06. The average Bonchev–Trinajstić information content (AvgIpc) is 2.55. The van der Waals surface area contributed by atoms with Gasteiger partial charge in [0.25, 0.3) is 0 Å². The van der Waals surface area contributed by atoms with Crippen LogP contribution in [0.2, 0.25) is 0 Å². The molecule has 100 valence electrons. The fraction of sp³-hybridized carbons (Fsp3) is 0.625. The van der Waals surface area contributed by atoms with E-state index >= 15 is 0 Å². The molecular weight excluding hydrogens is 220 g/mol. The van der Waals surface area contributed by atoms with Gasteiger partial charge in [-0.2, -0.15) is 0 Å². The van der Waals surface area contributed by atoms with Crippen LogP contribution in [-0.2, 0) is 6.42 Å². The summed E-state index contributed by atoms with van der Waals surface area (Å²) in [7, 11) is 0. The summed E-state index contributed by atoms with van der Waals surface area (Å²) in [6, 6.07) is 8.29. The van der Waals surface area contributed by atoms with E-state index in [2.05, 4.69) is 30.0 Å². The predicted octanol–water partition coefficient (Wildman–Crippen LogP) is 3.32. The smallest absolute Gasteiger partial charge is 0.0316 e. The molecule has 1 aliphatic rings.